The predicted molar refractivity (Wildman–Crippen MR) is 52.6 cm³/mol. The van der Waals surface area contributed by atoms with Crippen LogP contribution in [-0.2, 0) is 0 Å². The largest absolute Gasteiger partial charge is 0.198 e. The Kier molecular flexibility index (Phi) is 4.49. The minimum Gasteiger partial charge on any atom is -0.198 e. The maximum Gasteiger partial charge on any atom is 0.0653 e. The summed E-state index contributed by atoms with van der Waals surface area (Å²) in [5.41, 5.74) is 0.101. The maximum atomic E-state index is 8.67. The third kappa shape index (κ3) is 5.26. The molecule has 0 saturated carbocycles. The summed E-state index contributed by atoms with van der Waals surface area (Å²) in [6, 6.07) is 4.46. The minimum absolute atomic E-state index is 0.0842. The molecule has 0 aromatic rings. The van der Waals surface area contributed by atoms with Crippen molar-refractivity contribution < 1.29 is 0 Å². The van der Waals surface area contributed by atoms with Crippen LogP contribution in [-0.4, -0.2) is 0 Å². The maximum absolute atomic E-state index is 8.67. The van der Waals surface area contributed by atoms with Gasteiger partial charge in [-0.25, -0.2) is 0 Å². The quantitative estimate of drug-likeness (QED) is 0.664. The van der Waals surface area contributed by atoms with Gasteiger partial charge in [0.15, 0.2) is 0 Å². The second-order valence-electron chi connectivity index (χ2n) is 4.63. The van der Waals surface area contributed by atoms with Crippen LogP contribution in [0.3, 0.4) is 0 Å². The van der Waals surface area contributed by atoms with Crippen LogP contribution in [0.4, 0.5) is 0 Å². The molecule has 2 atom stereocenters. The van der Waals surface area contributed by atoms with Crippen LogP contribution in [0.1, 0.15) is 40.5 Å². The van der Waals surface area contributed by atoms with E-state index in [4.69, 9.17) is 10.5 Å². The Balaban J connectivity index is 4.11. The van der Waals surface area contributed by atoms with Gasteiger partial charge in [0, 0.05) is 11.8 Å². The second-order valence-corrected chi connectivity index (χ2v) is 4.63. The molecule has 0 heterocycles. The number of hydrogen-bond donors (Lipinski definition) is 0. The Hall–Kier alpha value is -1.02. The standard InChI is InChI=1S/C11H18N2/c1-9(7-12)5-11(3,4)6-10(2)8-13/h9-10H,5-6H2,1-4H3. The van der Waals surface area contributed by atoms with Gasteiger partial charge in [0.25, 0.3) is 0 Å². The molecule has 0 aromatic carbocycles. The lowest BCUT2D eigenvalue weighted by Gasteiger charge is -2.26. The van der Waals surface area contributed by atoms with Gasteiger partial charge in [-0.2, -0.15) is 10.5 Å². The Labute approximate surface area is 81.2 Å². The molecular weight excluding hydrogens is 160 g/mol. The summed E-state index contributed by atoms with van der Waals surface area (Å²) < 4.78 is 0. The molecule has 2 unspecified atom stereocenters. The Morgan fingerprint density at radius 2 is 1.31 bits per heavy atom. The first-order valence-corrected chi connectivity index (χ1v) is 4.70. The van der Waals surface area contributed by atoms with Crippen molar-refractivity contribution in [2.24, 2.45) is 17.3 Å². The highest BCUT2D eigenvalue weighted by Crippen LogP contribution is 2.32. The van der Waals surface area contributed by atoms with Gasteiger partial charge in [0.2, 0.25) is 0 Å². The third-order valence-corrected chi connectivity index (χ3v) is 2.16. The van der Waals surface area contributed by atoms with Crippen LogP contribution in [0.25, 0.3) is 0 Å². The average molecular weight is 178 g/mol. The molecule has 0 spiro atoms. The molecule has 0 aliphatic heterocycles. The van der Waals surface area contributed by atoms with E-state index in [0.29, 0.717) is 0 Å². The smallest absolute Gasteiger partial charge is 0.0653 e. The fourth-order valence-corrected chi connectivity index (χ4v) is 1.83. The molecule has 0 rings (SSSR count). The topological polar surface area (TPSA) is 47.6 Å². The number of nitrogens with zero attached hydrogens (tertiary/aromatic N) is 2. The Bertz CT molecular complexity index is 205. The van der Waals surface area contributed by atoms with Gasteiger partial charge in [0.1, 0.15) is 0 Å². The molecule has 0 radical (unpaired) electrons. The summed E-state index contributed by atoms with van der Waals surface area (Å²) >= 11 is 0. The molecule has 0 bridgehead atoms. The number of hydrogen-bond acceptors (Lipinski definition) is 2. The number of nitriles is 2. The molecule has 2 nitrogen and oxygen atoms in total. The van der Waals surface area contributed by atoms with E-state index in [0.717, 1.165) is 12.8 Å². The van der Waals surface area contributed by atoms with Crippen LogP contribution in [0.2, 0.25) is 0 Å². The molecule has 0 amide bonds. The first kappa shape index (κ1) is 12.0. The molecule has 0 N–H and O–H groups in total. The lowest BCUT2D eigenvalue weighted by molar-refractivity contribution is 0.257. The van der Waals surface area contributed by atoms with Gasteiger partial charge in [-0.05, 0) is 32.1 Å². The molecule has 0 fully saturated rings. The van der Waals surface area contributed by atoms with Crippen molar-refractivity contribution in [1.82, 2.24) is 0 Å². The van der Waals surface area contributed by atoms with Crippen LogP contribution in [0, 0.1) is 39.9 Å². The molecule has 72 valence electrons. The average Bonchev–Trinajstić information content (AvgIpc) is 2.02. The highest BCUT2D eigenvalue weighted by atomic mass is 14.3. The lowest BCUT2D eigenvalue weighted by atomic mass is 9.77. The third-order valence-electron chi connectivity index (χ3n) is 2.16. The Morgan fingerprint density at radius 3 is 1.54 bits per heavy atom. The van der Waals surface area contributed by atoms with Crippen LogP contribution >= 0.6 is 0 Å². The Morgan fingerprint density at radius 1 is 1.00 bits per heavy atom. The van der Waals surface area contributed by atoms with E-state index in [-0.39, 0.29) is 17.3 Å². The van der Waals surface area contributed by atoms with E-state index in [1.165, 1.54) is 0 Å². The van der Waals surface area contributed by atoms with E-state index in [1.54, 1.807) is 0 Å². The van der Waals surface area contributed by atoms with Crippen molar-refractivity contribution in [2.75, 3.05) is 0 Å². The van der Waals surface area contributed by atoms with Gasteiger partial charge < -0.3 is 0 Å². The minimum atomic E-state index is 0.0842. The molecule has 0 aliphatic carbocycles. The summed E-state index contributed by atoms with van der Waals surface area (Å²) in [4.78, 5) is 0. The number of rotatable bonds is 4. The summed E-state index contributed by atoms with van der Waals surface area (Å²) in [7, 11) is 0. The normalized spacial score (nSPS) is 15.5. The van der Waals surface area contributed by atoms with Crippen molar-refractivity contribution in [1.29, 1.82) is 10.5 Å². The molecule has 0 saturated heterocycles. The molecule has 0 aromatic heterocycles. The first-order valence-electron chi connectivity index (χ1n) is 4.70. The van der Waals surface area contributed by atoms with E-state index in [1.807, 2.05) is 13.8 Å². The highest BCUT2D eigenvalue weighted by molar-refractivity contribution is 4.88. The SMILES string of the molecule is CC(C#N)CC(C)(C)CC(C)C#N. The van der Waals surface area contributed by atoms with Crippen LogP contribution < -0.4 is 0 Å². The van der Waals surface area contributed by atoms with Gasteiger partial charge in [0.05, 0.1) is 12.1 Å². The summed E-state index contributed by atoms with van der Waals surface area (Å²) in [6.07, 6.45) is 1.74. The van der Waals surface area contributed by atoms with E-state index >= 15 is 0 Å². The van der Waals surface area contributed by atoms with Gasteiger partial charge >= 0.3 is 0 Å². The van der Waals surface area contributed by atoms with Gasteiger partial charge in [-0.1, -0.05) is 13.8 Å². The van der Waals surface area contributed by atoms with Crippen molar-refractivity contribution in [3.05, 3.63) is 0 Å². The van der Waals surface area contributed by atoms with Crippen molar-refractivity contribution in [2.45, 2.75) is 40.5 Å². The highest BCUT2D eigenvalue weighted by Gasteiger charge is 2.23. The predicted octanol–water partition coefficient (Wildman–Crippen LogP) is 3.11. The summed E-state index contributed by atoms with van der Waals surface area (Å²) in [5.74, 6) is 0.168. The van der Waals surface area contributed by atoms with Crippen LogP contribution in [0.5, 0.6) is 0 Å². The van der Waals surface area contributed by atoms with E-state index in [9.17, 15) is 0 Å². The second kappa shape index (κ2) is 4.87. The van der Waals surface area contributed by atoms with E-state index in [2.05, 4.69) is 26.0 Å². The zero-order chi connectivity index (χ0) is 10.5. The van der Waals surface area contributed by atoms with Crippen molar-refractivity contribution >= 4 is 0 Å². The molecule has 13 heavy (non-hydrogen) atoms. The summed E-state index contributed by atoms with van der Waals surface area (Å²) in [5, 5.41) is 17.3. The van der Waals surface area contributed by atoms with Crippen molar-refractivity contribution in [3.8, 4) is 12.1 Å². The molecule has 0 aliphatic rings. The zero-order valence-electron chi connectivity index (χ0n) is 8.96. The molecular formula is C11H18N2. The van der Waals surface area contributed by atoms with Crippen LogP contribution in [0.15, 0.2) is 0 Å². The van der Waals surface area contributed by atoms with Crippen molar-refractivity contribution in [3.63, 3.8) is 0 Å². The fraction of sp³-hybridized carbons (Fsp3) is 0.818. The summed E-state index contributed by atoms with van der Waals surface area (Å²) in [6.45, 7) is 8.10. The monoisotopic (exact) mass is 178 g/mol. The first-order chi connectivity index (χ1) is 5.91. The van der Waals surface area contributed by atoms with Gasteiger partial charge in [-0.15, -0.1) is 0 Å². The van der Waals surface area contributed by atoms with Gasteiger partial charge in [-0.3, -0.25) is 0 Å². The zero-order valence-corrected chi connectivity index (χ0v) is 8.96. The fourth-order valence-electron chi connectivity index (χ4n) is 1.83. The van der Waals surface area contributed by atoms with E-state index < -0.39 is 0 Å². The molecule has 2 heteroatoms. The lowest BCUT2D eigenvalue weighted by Crippen LogP contribution is -2.17.